The van der Waals surface area contributed by atoms with Gasteiger partial charge in [0.05, 0.1) is 16.8 Å². The lowest BCUT2D eigenvalue weighted by molar-refractivity contribution is -0.144. The first kappa shape index (κ1) is 22.2. The number of carbonyl (C=O) groups excluding carboxylic acids is 1. The molecule has 1 aliphatic rings. The monoisotopic (exact) mass is 474 g/mol. The lowest BCUT2D eigenvalue weighted by Crippen LogP contribution is -2.52. The van der Waals surface area contributed by atoms with Crippen molar-refractivity contribution in [1.29, 1.82) is 0 Å². The van der Waals surface area contributed by atoms with E-state index in [1.807, 2.05) is 60.7 Å². The van der Waals surface area contributed by atoms with E-state index in [9.17, 15) is 14.7 Å². The summed E-state index contributed by atoms with van der Waals surface area (Å²) in [6.45, 7) is 0.140. The predicted octanol–water partition coefficient (Wildman–Crippen LogP) is 5.75. The van der Waals surface area contributed by atoms with E-state index in [4.69, 9.17) is 16.3 Å². The number of ether oxygens (including phenoxy) is 1. The zero-order chi connectivity index (χ0) is 23.7. The molecule has 0 spiro atoms. The van der Waals surface area contributed by atoms with Crippen LogP contribution in [0.1, 0.15) is 41.7 Å². The van der Waals surface area contributed by atoms with Crippen molar-refractivity contribution in [2.45, 2.75) is 37.8 Å². The van der Waals surface area contributed by atoms with Crippen molar-refractivity contribution >= 4 is 45.2 Å². The van der Waals surface area contributed by atoms with Crippen LogP contribution in [-0.2, 0) is 11.4 Å². The molecule has 1 aromatic heterocycles. The van der Waals surface area contributed by atoms with Gasteiger partial charge in [-0.05, 0) is 31.0 Å². The van der Waals surface area contributed by atoms with Gasteiger partial charge in [-0.1, -0.05) is 73.0 Å². The molecule has 0 unspecified atom stereocenters. The Kier molecular flexibility index (Phi) is 5.84. The minimum Gasteiger partial charge on any atom is -0.486 e. The zero-order valence-electron chi connectivity index (χ0n) is 18.4. The maximum absolute atomic E-state index is 13.4. The molecule has 0 radical (unpaired) electrons. The first-order valence-corrected chi connectivity index (χ1v) is 11.6. The number of benzene rings is 3. The van der Waals surface area contributed by atoms with Crippen LogP contribution in [-0.4, -0.2) is 27.5 Å². The highest BCUT2D eigenvalue weighted by Gasteiger charge is 2.43. The van der Waals surface area contributed by atoms with Crippen LogP contribution in [0.15, 0.2) is 66.7 Å². The second-order valence-electron chi connectivity index (χ2n) is 8.61. The Bertz CT molecular complexity index is 1410. The van der Waals surface area contributed by atoms with Gasteiger partial charge in [-0.15, -0.1) is 0 Å². The van der Waals surface area contributed by atoms with Crippen LogP contribution in [0, 0.1) is 0 Å². The molecule has 1 amide bonds. The highest BCUT2D eigenvalue weighted by Crippen LogP contribution is 2.37. The number of nitrogens with zero attached hydrogens (tertiary/aromatic N) is 1. The van der Waals surface area contributed by atoms with E-state index in [0.717, 1.165) is 29.1 Å². The molecule has 34 heavy (non-hydrogen) atoms. The van der Waals surface area contributed by atoms with Gasteiger partial charge in [-0.2, -0.15) is 0 Å². The number of rotatable bonds is 6. The van der Waals surface area contributed by atoms with Crippen LogP contribution in [0.3, 0.4) is 0 Å². The number of carboxylic acid groups (broad SMARTS) is 1. The third-order valence-corrected chi connectivity index (χ3v) is 6.74. The summed E-state index contributed by atoms with van der Waals surface area (Å²) in [5, 5.41) is 15.4. The van der Waals surface area contributed by atoms with E-state index >= 15 is 0 Å². The number of para-hydroxylation sites is 1. The molecule has 3 aromatic carbocycles. The number of fused-ring (bicyclic) bond motifs is 2. The summed E-state index contributed by atoms with van der Waals surface area (Å²) in [6, 6.07) is 20.6. The minimum absolute atomic E-state index is 0.140. The number of amides is 1. The molecule has 172 valence electrons. The second-order valence-corrected chi connectivity index (χ2v) is 9.02. The largest absolute Gasteiger partial charge is 0.486 e. The summed E-state index contributed by atoms with van der Waals surface area (Å²) in [4.78, 5) is 30.0. The number of hydrogen-bond acceptors (Lipinski definition) is 4. The molecule has 0 atom stereocenters. The number of carbonyl (C=O) groups is 2. The third-order valence-electron chi connectivity index (χ3n) is 6.43. The predicted molar refractivity (Wildman–Crippen MR) is 131 cm³/mol. The van der Waals surface area contributed by atoms with E-state index in [2.05, 4.69) is 10.3 Å². The number of aliphatic carboxylic acids is 1. The Hall–Kier alpha value is -3.64. The normalized spacial score (nSPS) is 14.9. The molecule has 0 bridgehead atoms. The molecule has 1 heterocycles. The molecule has 0 aliphatic heterocycles. The van der Waals surface area contributed by atoms with Crippen LogP contribution < -0.4 is 10.1 Å². The summed E-state index contributed by atoms with van der Waals surface area (Å²) < 4.78 is 6.19. The summed E-state index contributed by atoms with van der Waals surface area (Å²) in [5.41, 5.74) is 0.498. The molecule has 2 N–H and O–H groups in total. The standard InChI is InChI=1S/C27H23ClN2O4/c28-22-15-21(25(31)30-27(26(32)33)13-5-6-14-27)24(20-9-3-2-8-19(20)22)34-16-18-12-11-17-7-1-4-10-23(17)29-18/h1-4,7-12,15H,5-6,13-14,16H2,(H,30,31)(H,32,33). The molecule has 7 heteroatoms. The topological polar surface area (TPSA) is 88.5 Å². The molecular weight excluding hydrogens is 452 g/mol. The van der Waals surface area contributed by atoms with Gasteiger partial charge < -0.3 is 15.2 Å². The van der Waals surface area contributed by atoms with Crippen LogP contribution in [0.5, 0.6) is 5.75 Å². The Balaban J connectivity index is 1.52. The Morgan fingerprint density at radius 1 is 1.00 bits per heavy atom. The number of nitrogens with one attached hydrogen (secondary N) is 1. The van der Waals surface area contributed by atoms with Crippen molar-refractivity contribution in [2.24, 2.45) is 0 Å². The SMILES string of the molecule is O=C(NC1(C(=O)O)CCCC1)c1cc(Cl)c2ccccc2c1OCc1ccc2ccccc2n1. The molecule has 0 saturated heterocycles. The fourth-order valence-electron chi connectivity index (χ4n) is 4.62. The van der Waals surface area contributed by atoms with E-state index < -0.39 is 17.4 Å². The molecule has 1 fully saturated rings. The molecule has 1 saturated carbocycles. The summed E-state index contributed by atoms with van der Waals surface area (Å²) in [6.07, 6.45) is 2.29. The molecule has 5 rings (SSSR count). The maximum atomic E-state index is 13.4. The molecule has 4 aromatic rings. The van der Waals surface area contributed by atoms with E-state index in [0.29, 0.717) is 34.7 Å². The lowest BCUT2D eigenvalue weighted by Gasteiger charge is -2.26. The van der Waals surface area contributed by atoms with Crippen molar-refractivity contribution in [2.75, 3.05) is 0 Å². The van der Waals surface area contributed by atoms with Gasteiger partial charge in [0.1, 0.15) is 17.9 Å². The molecule has 1 aliphatic carbocycles. The Morgan fingerprint density at radius 2 is 1.71 bits per heavy atom. The maximum Gasteiger partial charge on any atom is 0.329 e. The van der Waals surface area contributed by atoms with E-state index in [1.54, 1.807) is 6.07 Å². The van der Waals surface area contributed by atoms with Crippen LogP contribution in [0.2, 0.25) is 5.02 Å². The number of carboxylic acids is 1. The van der Waals surface area contributed by atoms with E-state index in [-0.39, 0.29) is 12.2 Å². The van der Waals surface area contributed by atoms with Crippen molar-refractivity contribution in [3.63, 3.8) is 0 Å². The van der Waals surface area contributed by atoms with Crippen LogP contribution >= 0.6 is 11.6 Å². The van der Waals surface area contributed by atoms with Crippen LogP contribution in [0.25, 0.3) is 21.7 Å². The van der Waals surface area contributed by atoms with Gasteiger partial charge in [0.25, 0.3) is 5.91 Å². The van der Waals surface area contributed by atoms with Gasteiger partial charge >= 0.3 is 5.97 Å². The highest BCUT2D eigenvalue weighted by molar-refractivity contribution is 6.36. The van der Waals surface area contributed by atoms with Gasteiger partial charge in [0, 0.05) is 21.2 Å². The fraction of sp³-hybridized carbons (Fsp3) is 0.222. The van der Waals surface area contributed by atoms with Gasteiger partial charge in [-0.3, -0.25) is 4.79 Å². The summed E-state index contributed by atoms with van der Waals surface area (Å²) >= 11 is 6.51. The molecule has 6 nitrogen and oxygen atoms in total. The molecular formula is C27H23ClN2O4. The smallest absolute Gasteiger partial charge is 0.329 e. The zero-order valence-corrected chi connectivity index (χ0v) is 19.1. The summed E-state index contributed by atoms with van der Waals surface area (Å²) in [7, 11) is 0. The lowest BCUT2D eigenvalue weighted by atomic mass is 9.96. The average Bonchev–Trinajstić information content (AvgIpc) is 3.33. The number of halogens is 1. The van der Waals surface area contributed by atoms with Gasteiger partial charge in [-0.25, -0.2) is 9.78 Å². The van der Waals surface area contributed by atoms with Gasteiger partial charge in [0.15, 0.2) is 0 Å². The quantitative estimate of drug-likeness (QED) is 0.371. The fourth-order valence-corrected chi connectivity index (χ4v) is 4.89. The summed E-state index contributed by atoms with van der Waals surface area (Å²) in [5.74, 6) is -1.18. The van der Waals surface area contributed by atoms with Crippen molar-refractivity contribution in [3.8, 4) is 5.75 Å². The Labute approximate surface area is 201 Å². The third kappa shape index (κ3) is 4.05. The van der Waals surface area contributed by atoms with E-state index in [1.165, 1.54) is 0 Å². The average molecular weight is 475 g/mol. The van der Waals surface area contributed by atoms with Crippen molar-refractivity contribution in [3.05, 3.63) is 83.0 Å². The first-order chi connectivity index (χ1) is 16.5. The van der Waals surface area contributed by atoms with Crippen molar-refractivity contribution in [1.82, 2.24) is 10.3 Å². The van der Waals surface area contributed by atoms with Crippen LogP contribution in [0.4, 0.5) is 0 Å². The Morgan fingerprint density at radius 3 is 2.47 bits per heavy atom. The highest BCUT2D eigenvalue weighted by atomic mass is 35.5. The number of pyridine rings is 1. The van der Waals surface area contributed by atoms with Crippen molar-refractivity contribution < 1.29 is 19.4 Å². The first-order valence-electron chi connectivity index (χ1n) is 11.2. The second kappa shape index (κ2) is 8.95. The van der Waals surface area contributed by atoms with Gasteiger partial charge in [0.2, 0.25) is 0 Å². The minimum atomic E-state index is -1.27. The number of aromatic nitrogens is 1. The number of hydrogen-bond donors (Lipinski definition) is 2.